The lowest BCUT2D eigenvalue weighted by Crippen LogP contribution is -2.47. The number of halogens is 1. The molecular weight excluding hydrogens is 411 g/mol. The predicted octanol–water partition coefficient (Wildman–Crippen LogP) is 2.94. The molecule has 0 radical (unpaired) electrons. The van der Waals surface area contributed by atoms with E-state index in [4.69, 9.17) is 14.2 Å². The molecule has 0 aliphatic carbocycles. The van der Waals surface area contributed by atoms with Gasteiger partial charge in [0.15, 0.2) is 11.6 Å². The zero-order valence-corrected chi connectivity index (χ0v) is 18.5. The number of para-hydroxylation sites is 1. The lowest BCUT2D eigenvalue weighted by Gasteiger charge is -2.38. The number of hydrogen-bond donors (Lipinski definition) is 1. The second-order valence-corrected chi connectivity index (χ2v) is 8.67. The monoisotopic (exact) mass is 444 g/mol. The van der Waals surface area contributed by atoms with Gasteiger partial charge in [-0.3, -0.25) is 9.80 Å². The van der Waals surface area contributed by atoms with Gasteiger partial charge >= 0.3 is 0 Å². The van der Waals surface area contributed by atoms with Crippen molar-refractivity contribution in [3.8, 4) is 11.5 Å². The molecular formula is C25H33FN2O4. The fourth-order valence-corrected chi connectivity index (χ4v) is 4.11. The first kappa shape index (κ1) is 23.0. The normalized spacial score (nSPS) is 19.6. The van der Waals surface area contributed by atoms with Gasteiger partial charge in [-0.2, -0.15) is 0 Å². The molecule has 2 aliphatic heterocycles. The molecule has 32 heavy (non-hydrogen) atoms. The Bertz CT molecular complexity index is 834. The Hall–Kier alpha value is -2.19. The van der Waals surface area contributed by atoms with Crippen molar-refractivity contribution >= 4 is 0 Å². The van der Waals surface area contributed by atoms with Crippen LogP contribution in [0.3, 0.4) is 0 Å². The van der Waals surface area contributed by atoms with E-state index in [1.54, 1.807) is 18.2 Å². The number of benzene rings is 2. The third-order valence-electron chi connectivity index (χ3n) is 6.23. The minimum atomic E-state index is -0.920. The third-order valence-corrected chi connectivity index (χ3v) is 6.23. The van der Waals surface area contributed by atoms with Crippen molar-refractivity contribution in [1.82, 2.24) is 9.80 Å². The highest BCUT2D eigenvalue weighted by molar-refractivity contribution is 5.27. The van der Waals surface area contributed by atoms with Crippen molar-refractivity contribution in [2.75, 3.05) is 59.2 Å². The van der Waals surface area contributed by atoms with Gasteiger partial charge in [0.05, 0.1) is 13.2 Å². The second kappa shape index (κ2) is 11.1. The molecule has 7 heteroatoms. The summed E-state index contributed by atoms with van der Waals surface area (Å²) in [6.07, 6.45) is 1.20. The van der Waals surface area contributed by atoms with Crippen molar-refractivity contribution < 1.29 is 23.7 Å². The first-order valence-corrected chi connectivity index (χ1v) is 11.4. The number of aliphatic hydroxyl groups is 1. The van der Waals surface area contributed by atoms with Crippen LogP contribution < -0.4 is 9.47 Å². The van der Waals surface area contributed by atoms with E-state index in [1.807, 2.05) is 12.1 Å². The van der Waals surface area contributed by atoms with Gasteiger partial charge in [-0.1, -0.05) is 24.3 Å². The fourth-order valence-electron chi connectivity index (χ4n) is 4.11. The quantitative estimate of drug-likeness (QED) is 0.642. The average molecular weight is 445 g/mol. The lowest BCUT2D eigenvalue weighted by molar-refractivity contribution is -0.0543. The molecule has 0 aromatic heterocycles. The maximum atomic E-state index is 13.7. The van der Waals surface area contributed by atoms with Gasteiger partial charge in [-0.15, -0.1) is 0 Å². The van der Waals surface area contributed by atoms with Crippen molar-refractivity contribution in [3.63, 3.8) is 0 Å². The van der Waals surface area contributed by atoms with Gasteiger partial charge in [0.1, 0.15) is 24.6 Å². The molecule has 6 nitrogen and oxygen atoms in total. The van der Waals surface area contributed by atoms with Crippen molar-refractivity contribution in [2.24, 2.45) is 0 Å². The highest BCUT2D eigenvalue weighted by Crippen LogP contribution is 2.26. The van der Waals surface area contributed by atoms with E-state index in [0.717, 1.165) is 58.2 Å². The van der Waals surface area contributed by atoms with E-state index < -0.39 is 11.4 Å². The summed E-state index contributed by atoms with van der Waals surface area (Å²) >= 11 is 0. The summed E-state index contributed by atoms with van der Waals surface area (Å²) in [5.41, 5.74) is 0.301. The maximum Gasteiger partial charge on any atom is 0.165 e. The summed E-state index contributed by atoms with van der Waals surface area (Å²) in [5.74, 6) is 0.679. The standard InChI is InChI=1S/C25H33FN2O4/c26-23-3-1-2-4-24(23)32-20-25(29)9-11-28(12-10-25)19-21-5-7-22(8-6-21)31-18-15-27-13-16-30-17-14-27/h1-8,29H,9-20H2. The first-order valence-electron chi connectivity index (χ1n) is 11.4. The zero-order chi connectivity index (χ0) is 22.2. The highest BCUT2D eigenvalue weighted by atomic mass is 19.1. The average Bonchev–Trinajstić information content (AvgIpc) is 2.82. The predicted molar refractivity (Wildman–Crippen MR) is 121 cm³/mol. The second-order valence-electron chi connectivity index (χ2n) is 8.67. The summed E-state index contributed by atoms with van der Waals surface area (Å²) in [6.45, 7) is 7.65. The van der Waals surface area contributed by atoms with E-state index in [1.165, 1.54) is 11.6 Å². The fraction of sp³-hybridized carbons (Fsp3) is 0.520. The molecule has 2 aliphatic rings. The van der Waals surface area contributed by atoms with E-state index in [-0.39, 0.29) is 12.4 Å². The summed E-state index contributed by atoms with van der Waals surface area (Å²) < 4.78 is 30.5. The molecule has 174 valence electrons. The van der Waals surface area contributed by atoms with Crippen LogP contribution >= 0.6 is 0 Å². The molecule has 2 saturated heterocycles. The topological polar surface area (TPSA) is 54.4 Å². The molecule has 0 atom stereocenters. The summed E-state index contributed by atoms with van der Waals surface area (Å²) in [4.78, 5) is 4.68. The van der Waals surface area contributed by atoms with Gasteiger partial charge in [0.25, 0.3) is 0 Å². The van der Waals surface area contributed by atoms with Crippen LogP contribution in [0.2, 0.25) is 0 Å². The van der Waals surface area contributed by atoms with E-state index in [9.17, 15) is 9.50 Å². The number of morpholine rings is 1. The number of rotatable bonds is 9. The zero-order valence-electron chi connectivity index (χ0n) is 18.5. The Labute approximate surface area is 189 Å². The molecule has 2 heterocycles. The number of piperidine rings is 1. The van der Waals surface area contributed by atoms with Gasteiger partial charge in [0.2, 0.25) is 0 Å². The van der Waals surface area contributed by atoms with Crippen LogP contribution in [-0.4, -0.2) is 79.7 Å². The van der Waals surface area contributed by atoms with E-state index >= 15 is 0 Å². The maximum absolute atomic E-state index is 13.7. The van der Waals surface area contributed by atoms with Crippen LogP contribution in [0.1, 0.15) is 18.4 Å². The van der Waals surface area contributed by atoms with Crippen LogP contribution in [-0.2, 0) is 11.3 Å². The van der Waals surface area contributed by atoms with Gasteiger partial charge < -0.3 is 19.3 Å². The number of hydrogen-bond acceptors (Lipinski definition) is 6. The minimum absolute atomic E-state index is 0.109. The summed E-state index contributed by atoms with van der Waals surface area (Å²) in [7, 11) is 0. The minimum Gasteiger partial charge on any atom is -0.492 e. The largest absolute Gasteiger partial charge is 0.492 e. The molecule has 0 amide bonds. The van der Waals surface area contributed by atoms with Crippen LogP contribution in [0.15, 0.2) is 48.5 Å². The summed E-state index contributed by atoms with van der Waals surface area (Å²) in [6, 6.07) is 14.6. The summed E-state index contributed by atoms with van der Waals surface area (Å²) in [5, 5.41) is 10.8. The number of likely N-dealkylation sites (tertiary alicyclic amines) is 1. The van der Waals surface area contributed by atoms with Crippen LogP contribution in [0, 0.1) is 5.82 Å². The van der Waals surface area contributed by atoms with Gasteiger partial charge in [0, 0.05) is 39.3 Å². The van der Waals surface area contributed by atoms with E-state index in [2.05, 4.69) is 21.9 Å². The van der Waals surface area contributed by atoms with Crippen LogP contribution in [0.5, 0.6) is 11.5 Å². The molecule has 2 fully saturated rings. The molecule has 0 unspecified atom stereocenters. The smallest absolute Gasteiger partial charge is 0.165 e. The SMILES string of the molecule is OC1(COc2ccccc2F)CCN(Cc2ccc(OCCN3CCOCC3)cc2)CC1. The molecule has 0 saturated carbocycles. The van der Waals surface area contributed by atoms with Crippen molar-refractivity contribution in [1.29, 1.82) is 0 Å². The van der Waals surface area contributed by atoms with Crippen molar-refractivity contribution in [3.05, 3.63) is 59.9 Å². The molecule has 4 rings (SSSR count). The third kappa shape index (κ3) is 6.65. The highest BCUT2D eigenvalue weighted by Gasteiger charge is 2.33. The molecule has 0 bridgehead atoms. The van der Waals surface area contributed by atoms with E-state index in [0.29, 0.717) is 19.4 Å². The number of ether oxygens (including phenoxy) is 3. The Morgan fingerprint density at radius 1 is 0.906 bits per heavy atom. The van der Waals surface area contributed by atoms with Gasteiger partial charge in [-0.25, -0.2) is 4.39 Å². The van der Waals surface area contributed by atoms with Crippen molar-refractivity contribution in [2.45, 2.75) is 25.0 Å². The Balaban J connectivity index is 1.17. The number of nitrogens with zero attached hydrogens (tertiary/aromatic N) is 2. The molecule has 0 spiro atoms. The molecule has 2 aromatic rings. The first-order chi connectivity index (χ1) is 15.6. The molecule has 2 aromatic carbocycles. The Morgan fingerprint density at radius 3 is 2.34 bits per heavy atom. The van der Waals surface area contributed by atoms with Crippen LogP contribution in [0.25, 0.3) is 0 Å². The Kier molecular flexibility index (Phi) is 7.97. The molecule has 1 N–H and O–H groups in total. The Morgan fingerprint density at radius 2 is 1.62 bits per heavy atom. The van der Waals surface area contributed by atoms with Gasteiger partial charge in [-0.05, 0) is 42.7 Å². The van der Waals surface area contributed by atoms with Crippen LogP contribution in [0.4, 0.5) is 4.39 Å². The lowest BCUT2D eigenvalue weighted by atomic mass is 9.92.